The van der Waals surface area contributed by atoms with E-state index in [0.29, 0.717) is 19.3 Å². The van der Waals surface area contributed by atoms with Gasteiger partial charge in [0.1, 0.15) is 5.60 Å². The zero-order chi connectivity index (χ0) is 12.7. The lowest BCUT2D eigenvalue weighted by molar-refractivity contribution is -0.141. The molecular formula is C13H18O4. The first-order chi connectivity index (χ1) is 8.10. The Hall–Kier alpha value is -1.39. The van der Waals surface area contributed by atoms with Crippen molar-refractivity contribution in [1.82, 2.24) is 0 Å². The highest BCUT2D eigenvalue weighted by atomic mass is 16.5. The Morgan fingerprint density at radius 3 is 2.76 bits per heavy atom. The van der Waals surface area contributed by atoms with Crippen molar-refractivity contribution in [2.75, 3.05) is 13.2 Å². The van der Waals surface area contributed by atoms with Gasteiger partial charge >= 0.3 is 5.97 Å². The molecule has 0 aromatic rings. The fraction of sp³-hybridized carbons (Fsp3) is 0.462. The molecule has 0 bridgehead atoms. The van der Waals surface area contributed by atoms with Gasteiger partial charge in [-0.15, -0.1) is 0 Å². The van der Waals surface area contributed by atoms with E-state index in [0.717, 1.165) is 0 Å². The number of allylic oxidation sites excluding steroid dienone is 2. The normalized spacial score (nSPS) is 22.5. The second kappa shape index (κ2) is 6.37. The summed E-state index contributed by atoms with van der Waals surface area (Å²) in [4.78, 5) is 11.6. The molecule has 94 valence electrons. The van der Waals surface area contributed by atoms with Crippen molar-refractivity contribution in [2.45, 2.75) is 24.9 Å². The third kappa shape index (κ3) is 3.84. The van der Waals surface area contributed by atoms with Crippen molar-refractivity contribution in [3.63, 3.8) is 0 Å². The van der Waals surface area contributed by atoms with Gasteiger partial charge in [-0.05, 0) is 18.9 Å². The van der Waals surface area contributed by atoms with Crippen molar-refractivity contribution in [3.8, 4) is 0 Å². The van der Waals surface area contributed by atoms with Crippen LogP contribution in [0.1, 0.15) is 19.3 Å². The van der Waals surface area contributed by atoms with Crippen LogP contribution in [0.2, 0.25) is 0 Å². The molecule has 0 amide bonds. The summed E-state index contributed by atoms with van der Waals surface area (Å²) < 4.78 is 4.96. The molecule has 1 aliphatic rings. The number of unbranched alkanes of at least 4 members (excludes halogenated alkanes) is 1. The molecule has 0 aromatic heterocycles. The quantitative estimate of drug-likeness (QED) is 0.413. The van der Waals surface area contributed by atoms with Crippen LogP contribution in [-0.4, -0.2) is 35.0 Å². The fourth-order valence-electron chi connectivity index (χ4n) is 1.48. The van der Waals surface area contributed by atoms with Crippen molar-refractivity contribution in [2.24, 2.45) is 0 Å². The Morgan fingerprint density at radius 1 is 1.41 bits per heavy atom. The number of carbonyl (C=O) groups is 1. The average Bonchev–Trinajstić information content (AvgIpc) is 2.34. The molecule has 0 aromatic carbocycles. The number of aliphatic hydroxyl groups is 2. The fourth-order valence-corrected chi connectivity index (χ4v) is 1.48. The molecule has 17 heavy (non-hydrogen) atoms. The minimum Gasteiger partial charge on any atom is -0.462 e. The van der Waals surface area contributed by atoms with E-state index < -0.39 is 11.6 Å². The van der Waals surface area contributed by atoms with Crippen LogP contribution in [0.4, 0.5) is 0 Å². The van der Waals surface area contributed by atoms with Gasteiger partial charge in [0.05, 0.1) is 12.2 Å². The van der Waals surface area contributed by atoms with E-state index in [9.17, 15) is 9.90 Å². The zero-order valence-corrected chi connectivity index (χ0v) is 9.76. The minimum atomic E-state index is -1.33. The highest BCUT2D eigenvalue weighted by molar-refractivity contribution is 5.90. The van der Waals surface area contributed by atoms with Crippen LogP contribution in [0, 0.1) is 0 Å². The Bertz CT molecular complexity index is 343. The number of hydrogen-bond acceptors (Lipinski definition) is 4. The van der Waals surface area contributed by atoms with E-state index in [-0.39, 0.29) is 18.8 Å². The Kier molecular flexibility index (Phi) is 5.12. The largest absolute Gasteiger partial charge is 0.462 e. The third-order valence-electron chi connectivity index (χ3n) is 2.60. The topological polar surface area (TPSA) is 66.8 Å². The molecule has 4 nitrogen and oxygen atoms in total. The second-order valence-electron chi connectivity index (χ2n) is 3.96. The van der Waals surface area contributed by atoms with Crippen LogP contribution < -0.4 is 0 Å². The zero-order valence-electron chi connectivity index (χ0n) is 9.76. The summed E-state index contributed by atoms with van der Waals surface area (Å²) in [5.41, 5.74) is -1.29. The molecule has 0 spiro atoms. The van der Waals surface area contributed by atoms with Gasteiger partial charge in [0, 0.05) is 13.0 Å². The summed E-state index contributed by atoms with van der Waals surface area (Å²) in [5.74, 6) is -0.592. The van der Waals surface area contributed by atoms with Crippen LogP contribution in [0.5, 0.6) is 0 Å². The van der Waals surface area contributed by atoms with Crippen LogP contribution in [0.15, 0.2) is 36.5 Å². The molecule has 0 aliphatic heterocycles. The van der Waals surface area contributed by atoms with Gasteiger partial charge in [-0.1, -0.05) is 24.8 Å². The number of esters is 1. The molecule has 1 rings (SSSR count). The van der Waals surface area contributed by atoms with Crippen molar-refractivity contribution >= 4 is 5.97 Å². The van der Waals surface area contributed by atoms with Gasteiger partial charge in [0.2, 0.25) is 0 Å². The summed E-state index contributed by atoms with van der Waals surface area (Å²) >= 11 is 0. The summed E-state index contributed by atoms with van der Waals surface area (Å²) in [6, 6.07) is 0. The molecule has 4 heteroatoms. The number of carbonyl (C=O) groups excluding carboxylic acids is 1. The first-order valence-electron chi connectivity index (χ1n) is 5.64. The van der Waals surface area contributed by atoms with Crippen LogP contribution in [0.3, 0.4) is 0 Å². The molecule has 0 saturated heterocycles. The van der Waals surface area contributed by atoms with Crippen molar-refractivity contribution in [3.05, 3.63) is 36.5 Å². The van der Waals surface area contributed by atoms with Crippen LogP contribution >= 0.6 is 0 Å². The maximum atomic E-state index is 11.6. The van der Waals surface area contributed by atoms with Gasteiger partial charge in [-0.3, -0.25) is 0 Å². The predicted molar refractivity (Wildman–Crippen MR) is 64.3 cm³/mol. The SMILES string of the molecule is C=C(C(=O)OCCCCO)C1(O)C=CC=CC1. The molecule has 0 radical (unpaired) electrons. The number of rotatable bonds is 6. The molecule has 0 fully saturated rings. The lowest BCUT2D eigenvalue weighted by atomic mass is 9.88. The smallest absolute Gasteiger partial charge is 0.336 e. The van der Waals surface area contributed by atoms with E-state index in [1.54, 1.807) is 18.2 Å². The van der Waals surface area contributed by atoms with E-state index >= 15 is 0 Å². The third-order valence-corrected chi connectivity index (χ3v) is 2.60. The molecule has 0 heterocycles. The van der Waals surface area contributed by atoms with E-state index in [2.05, 4.69) is 6.58 Å². The minimum absolute atomic E-state index is 0.0436. The first-order valence-corrected chi connectivity index (χ1v) is 5.64. The molecule has 1 aliphatic carbocycles. The highest BCUT2D eigenvalue weighted by Gasteiger charge is 2.32. The van der Waals surface area contributed by atoms with Crippen LogP contribution in [-0.2, 0) is 9.53 Å². The monoisotopic (exact) mass is 238 g/mol. The van der Waals surface area contributed by atoms with E-state index in [4.69, 9.17) is 9.84 Å². The van der Waals surface area contributed by atoms with Gasteiger partial charge < -0.3 is 14.9 Å². The maximum absolute atomic E-state index is 11.6. The van der Waals surface area contributed by atoms with Crippen molar-refractivity contribution in [1.29, 1.82) is 0 Å². The number of aliphatic hydroxyl groups excluding tert-OH is 1. The summed E-state index contributed by atoms with van der Waals surface area (Å²) in [5, 5.41) is 18.7. The average molecular weight is 238 g/mol. The van der Waals surface area contributed by atoms with E-state index in [1.165, 1.54) is 6.08 Å². The van der Waals surface area contributed by atoms with E-state index in [1.807, 2.05) is 0 Å². The standard InChI is InChI=1S/C13H18O4/c1-11(12(15)17-10-6-5-9-14)13(16)7-3-2-4-8-13/h2-4,7,14,16H,1,5-6,8-10H2. The van der Waals surface area contributed by atoms with Crippen LogP contribution in [0.25, 0.3) is 0 Å². The van der Waals surface area contributed by atoms with Gasteiger partial charge in [0.25, 0.3) is 0 Å². The number of hydrogen-bond donors (Lipinski definition) is 2. The first kappa shape index (κ1) is 13.7. The Balaban J connectivity index is 2.44. The Labute approximate surface area is 101 Å². The summed E-state index contributed by atoms with van der Waals surface area (Å²) in [6.45, 7) is 3.90. The highest BCUT2D eigenvalue weighted by Crippen LogP contribution is 2.25. The Morgan fingerprint density at radius 2 is 2.18 bits per heavy atom. The molecular weight excluding hydrogens is 220 g/mol. The molecule has 0 saturated carbocycles. The lowest BCUT2D eigenvalue weighted by Gasteiger charge is -2.26. The van der Waals surface area contributed by atoms with Gasteiger partial charge in [-0.2, -0.15) is 0 Å². The molecule has 1 atom stereocenters. The number of ether oxygens (including phenoxy) is 1. The maximum Gasteiger partial charge on any atom is 0.336 e. The van der Waals surface area contributed by atoms with Gasteiger partial charge in [-0.25, -0.2) is 4.79 Å². The molecule has 1 unspecified atom stereocenters. The lowest BCUT2D eigenvalue weighted by Crippen LogP contribution is -2.33. The summed E-state index contributed by atoms with van der Waals surface area (Å²) in [7, 11) is 0. The summed E-state index contributed by atoms with van der Waals surface area (Å²) in [6.07, 6.45) is 8.29. The van der Waals surface area contributed by atoms with Crippen molar-refractivity contribution < 1.29 is 19.7 Å². The predicted octanol–water partition coefficient (Wildman–Crippen LogP) is 1.11. The molecule has 2 N–H and O–H groups in total. The second-order valence-corrected chi connectivity index (χ2v) is 3.96. The van der Waals surface area contributed by atoms with Gasteiger partial charge in [0.15, 0.2) is 0 Å².